The van der Waals surface area contributed by atoms with E-state index in [1.807, 2.05) is 30.3 Å². The van der Waals surface area contributed by atoms with Crippen molar-refractivity contribution in [3.05, 3.63) is 92.1 Å². The fourth-order valence-corrected chi connectivity index (χ4v) is 4.01. The molecule has 1 atom stereocenters. The molecule has 0 spiro atoms. The van der Waals surface area contributed by atoms with Crippen LogP contribution in [0.25, 0.3) is 0 Å². The third-order valence-electron chi connectivity index (χ3n) is 5.69. The van der Waals surface area contributed by atoms with Gasteiger partial charge in [0.2, 0.25) is 0 Å². The zero-order chi connectivity index (χ0) is 23.8. The Bertz CT molecular complexity index is 1250. The summed E-state index contributed by atoms with van der Waals surface area (Å²) < 4.78 is 41.5. The maximum atomic E-state index is 13.3. The number of aliphatic hydroxyl groups excluding tert-OH is 1. The number of benzene rings is 2. The second-order valence-electron chi connectivity index (χ2n) is 7.85. The minimum atomic E-state index is -4.46. The van der Waals surface area contributed by atoms with Gasteiger partial charge in [0.25, 0.3) is 5.56 Å². The number of hydrogen-bond donors (Lipinski definition) is 2. The normalized spacial score (nSPS) is 15.4. The lowest BCUT2D eigenvalue weighted by atomic mass is 10.1. The highest BCUT2D eigenvalue weighted by Crippen LogP contribution is 2.39. The van der Waals surface area contributed by atoms with E-state index >= 15 is 0 Å². The van der Waals surface area contributed by atoms with Gasteiger partial charge >= 0.3 is 11.9 Å². The van der Waals surface area contributed by atoms with E-state index in [1.165, 1.54) is 23.7 Å². The Morgan fingerprint density at radius 3 is 2.30 bits per heavy atom. The molecule has 0 saturated carbocycles. The van der Waals surface area contributed by atoms with Crippen LogP contribution in [0.2, 0.25) is 0 Å². The molecule has 0 amide bonds. The van der Waals surface area contributed by atoms with E-state index in [9.17, 15) is 22.8 Å². The van der Waals surface area contributed by atoms with Crippen molar-refractivity contribution >= 4 is 11.5 Å². The molecule has 10 heteroatoms. The molecule has 1 aliphatic rings. The summed E-state index contributed by atoms with van der Waals surface area (Å²) in [5.74, 6) is 0.297. The fraction of sp³-hybridized carbons (Fsp3) is 0.304. The fourth-order valence-electron chi connectivity index (χ4n) is 4.01. The highest BCUT2D eigenvalue weighted by atomic mass is 19.4. The number of aromatic nitrogens is 2. The van der Waals surface area contributed by atoms with Gasteiger partial charge in [-0.2, -0.15) is 13.2 Å². The number of nitrogens with one attached hydrogen (secondary N) is 1. The summed E-state index contributed by atoms with van der Waals surface area (Å²) >= 11 is 0. The van der Waals surface area contributed by atoms with Gasteiger partial charge in [-0.3, -0.25) is 13.9 Å². The average Bonchev–Trinajstić information content (AvgIpc) is 3.17. The van der Waals surface area contributed by atoms with Crippen LogP contribution in [-0.2, 0) is 26.3 Å². The third kappa shape index (κ3) is 4.25. The first-order valence-corrected chi connectivity index (χ1v) is 10.4. The topological polar surface area (TPSA) is 79.5 Å². The Balaban J connectivity index is 1.83. The summed E-state index contributed by atoms with van der Waals surface area (Å²) in [7, 11) is 1.53. The molecule has 1 aliphatic heterocycles. The lowest BCUT2D eigenvalue weighted by Gasteiger charge is -2.27. The van der Waals surface area contributed by atoms with Crippen molar-refractivity contribution in [3.8, 4) is 0 Å². The van der Waals surface area contributed by atoms with E-state index in [4.69, 9.17) is 5.11 Å². The Labute approximate surface area is 187 Å². The summed E-state index contributed by atoms with van der Waals surface area (Å²) in [5, 5.41) is 12.3. The average molecular weight is 460 g/mol. The Morgan fingerprint density at radius 1 is 1.03 bits per heavy atom. The molecule has 0 aliphatic carbocycles. The van der Waals surface area contributed by atoms with E-state index in [-0.39, 0.29) is 25.3 Å². The number of fused-ring (bicyclic) bond motifs is 1. The van der Waals surface area contributed by atoms with E-state index in [1.54, 1.807) is 4.90 Å². The molecule has 1 unspecified atom stereocenters. The summed E-state index contributed by atoms with van der Waals surface area (Å²) in [5.41, 5.74) is -0.158. The van der Waals surface area contributed by atoms with E-state index in [0.717, 1.165) is 22.3 Å². The molecular weight excluding hydrogens is 437 g/mol. The summed E-state index contributed by atoms with van der Waals surface area (Å²) in [4.78, 5) is 27.9. The largest absolute Gasteiger partial charge is 0.416 e. The van der Waals surface area contributed by atoms with Gasteiger partial charge in [0, 0.05) is 26.7 Å². The summed E-state index contributed by atoms with van der Waals surface area (Å²) in [6, 6.07) is 14.1. The maximum absolute atomic E-state index is 13.3. The zero-order valence-electron chi connectivity index (χ0n) is 17.8. The van der Waals surface area contributed by atoms with E-state index in [2.05, 4.69) is 5.32 Å². The van der Waals surface area contributed by atoms with Gasteiger partial charge in [-0.15, -0.1) is 0 Å². The number of anilines is 2. The Hall–Kier alpha value is -3.53. The molecule has 0 bridgehead atoms. The quantitative estimate of drug-likeness (QED) is 0.591. The molecule has 0 radical (unpaired) electrons. The lowest BCUT2D eigenvalue weighted by molar-refractivity contribution is -0.137. The number of halogens is 3. The van der Waals surface area contributed by atoms with Gasteiger partial charge in [0.1, 0.15) is 17.7 Å². The van der Waals surface area contributed by atoms with Gasteiger partial charge in [-0.1, -0.05) is 42.5 Å². The molecule has 174 valence electrons. The van der Waals surface area contributed by atoms with Crippen LogP contribution in [-0.4, -0.2) is 20.8 Å². The predicted octanol–water partition coefficient (Wildman–Crippen LogP) is 3.08. The van der Waals surface area contributed by atoms with Gasteiger partial charge in [-0.25, -0.2) is 4.79 Å². The molecule has 3 aromatic rings. The second-order valence-corrected chi connectivity index (χ2v) is 7.85. The van der Waals surface area contributed by atoms with Gasteiger partial charge in [-0.05, 0) is 29.7 Å². The van der Waals surface area contributed by atoms with Crippen molar-refractivity contribution in [1.29, 1.82) is 0 Å². The number of nitrogens with zero attached hydrogens (tertiary/aromatic N) is 3. The first-order chi connectivity index (χ1) is 15.7. The first-order valence-electron chi connectivity index (χ1n) is 10.4. The number of alkyl halides is 3. The van der Waals surface area contributed by atoms with Crippen molar-refractivity contribution in [3.63, 3.8) is 0 Å². The smallest absolute Gasteiger partial charge is 0.396 e. The van der Waals surface area contributed by atoms with Crippen molar-refractivity contribution in [2.24, 2.45) is 7.05 Å². The SMILES string of the molecule is Cn1c2c(c(=O)n(CCCO)c1=O)N(Cc1ccccc1)C(c1ccc(C(F)(F)F)cc1)N2. The minimum absolute atomic E-state index is 0.0550. The van der Waals surface area contributed by atoms with E-state index in [0.29, 0.717) is 17.9 Å². The maximum Gasteiger partial charge on any atom is 0.416 e. The molecule has 0 fully saturated rings. The Kier molecular flexibility index (Phi) is 6.03. The highest BCUT2D eigenvalue weighted by Gasteiger charge is 2.36. The van der Waals surface area contributed by atoms with Gasteiger partial charge < -0.3 is 15.3 Å². The molecular formula is C23H23F3N4O3. The zero-order valence-corrected chi connectivity index (χ0v) is 17.8. The van der Waals surface area contributed by atoms with Crippen molar-refractivity contribution in [2.45, 2.75) is 31.9 Å². The third-order valence-corrected chi connectivity index (χ3v) is 5.69. The van der Waals surface area contributed by atoms with Gasteiger partial charge in [0.15, 0.2) is 0 Å². The van der Waals surface area contributed by atoms with Crippen LogP contribution >= 0.6 is 0 Å². The van der Waals surface area contributed by atoms with E-state index < -0.39 is 29.2 Å². The molecule has 2 N–H and O–H groups in total. The van der Waals surface area contributed by atoms with Crippen molar-refractivity contribution < 1.29 is 18.3 Å². The van der Waals surface area contributed by atoms with Crippen LogP contribution in [0.4, 0.5) is 24.7 Å². The standard InChI is InChI=1S/C23H23F3N4O3/c1-28-20-18(21(32)29(22(28)33)12-5-13-31)30(14-15-6-3-2-4-7-15)19(27-20)16-8-10-17(11-9-16)23(24,25)26/h2-4,6-11,19,27,31H,5,12-14H2,1H3. The number of aliphatic hydroxyl groups is 1. The summed E-state index contributed by atoms with van der Waals surface area (Å²) in [6.07, 6.45) is -4.88. The Morgan fingerprint density at radius 2 is 1.70 bits per heavy atom. The van der Waals surface area contributed by atoms with Gasteiger partial charge in [0.05, 0.1) is 5.56 Å². The first kappa shape index (κ1) is 22.7. The minimum Gasteiger partial charge on any atom is -0.396 e. The number of hydrogen-bond acceptors (Lipinski definition) is 5. The van der Waals surface area contributed by atoms with Crippen LogP contribution in [0, 0.1) is 0 Å². The highest BCUT2D eigenvalue weighted by molar-refractivity contribution is 5.73. The molecule has 7 nitrogen and oxygen atoms in total. The predicted molar refractivity (Wildman–Crippen MR) is 118 cm³/mol. The van der Waals surface area contributed by atoms with Crippen LogP contribution in [0.3, 0.4) is 0 Å². The molecule has 4 rings (SSSR count). The van der Waals surface area contributed by atoms with Crippen molar-refractivity contribution in [2.75, 3.05) is 16.8 Å². The lowest BCUT2D eigenvalue weighted by Crippen LogP contribution is -2.41. The number of rotatable bonds is 6. The molecule has 33 heavy (non-hydrogen) atoms. The molecule has 0 saturated heterocycles. The monoisotopic (exact) mass is 460 g/mol. The van der Waals surface area contributed by atoms with Crippen LogP contribution in [0.1, 0.15) is 29.3 Å². The van der Waals surface area contributed by atoms with Crippen LogP contribution in [0.15, 0.2) is 64.2 Å². The van der Waals surface area contributed by atoms with Crippen LogP contribution < -0.4 is 21.5 Å². The molecule has 2 aromatic carbocycles. The van der Waals surface area contributed by atoms with Crippen LogP contribution in [0.5, 0.6) is 0 Å². The summed E-state index contributed by atoms with van der Waals surface area (Å²) in [6.45, 7) is 0.173. The second kappa shape index (κ2) is 8.78. The van der Waals surface area contributed by atoms with Crippen molar-refractivity contribution in [1.82, 2.24) is 9.13 Å². The molecule has 1 aromatic heterocycles. The molecule has 2 heterocycles.